The Morgan fingerprint density at radius 1 is 1.15 bits per heavy atom. The van der Waals surface area contributed by atoms with Crippen LogP contribution in [0.4, 0.5) is 4.39 Å². The largest absolute Gasteiger partial charge is 0.313 e. The molecule has 3 heteroatoms. The summed E-state index contributed by atoms with van der Waals surface area (Å²) in [6.07, 6.45) is 4.93. The van der Waals surface area contributed by atoms with E-state index in [2.05, 4.69) is 19.2 Å². The molecule has 2 rings (SSSR count). The molecule has 20 heavy (non-hydrogen) atoms. The predicted molar refractivity (Wildman–Crippen MR) is 83.5 cm³/mol. The van der Waals surface area contributed by atoms with E-state index in [9.17, 15) is 4.39 Å². The van der Waals surface area contributed by atoms with Crippen molar-refractivity contribution in [2.45, 2.75) is 45.6 Å². The summed E-state index contributed by atoms with van der Waals surface area (Å²) < 4.78 is 13.5. The second kappa shape index (κ2) is 6.91. The second-order valence-corrected chi connectivity index (χ2v) is 6.76. The fourth-order valence-electron chi connectivity index (χ4n) is 3.54. The standard InChI is InChI=1S/C17H25ClFN/c1-11(2)12-4-6-13(7-5-12)17(20-3)15-10-14(19)8-9-16(15)18/h8-13,17,20H,4-7H2,1-3H3. The Labute approximate surface area is 126 Å². The van der Waals surface area contributed by atoms with Gasteiger partial charge < -0.3 is 5.32 Å². The van der Waals surface area contributed by atoms with Crippen LogP contribution in [-0.4, -0.2) is 7.05 Å². The zero-order chi connectivity index (χ0) is 14.7. The quantitative estimate of drug-likeness (QED) is 0.805. The Kier molecular flexibility index (Phi) is 5.45. The van der Waals surface area contributed by atoms with E-state index in [0.717, 1.165) is 17.4 Å². The zero-order valence-electron chi connectivity index (χ0n) is 12.6. The molecule has 1 nitrogen and oxygen atoms in total. The van der Waals surface area contributed by atoms with Crippen LogP contribution in [0.3, 0.4) is 0 Å². The van der Waals surface area contributed by atoms with Gasteiger partial charge >= 0.3 is 0 Å². The molecule has 1 unspecified atom stereocenters. The van der Waals surface area contributed by atoms with Crippen molar-refractivity contribution < 1.29 is 4.39 Å². The molecule has 0 radical (unpaired) electrons. The lowest BCUT2D eigenvalue weighted by atomic mass is 9.73. The number of benzene rings is 1. The molecule has 1 aromatic rings. The predicted octanol–water partition coefficient (Wildman–Crippen LogP) is 5.20. The molecule has 0 aliphatic heterocycles. The molecule has 1 aromatic carbocycles. The zero-order valence-corrected chi connectivity index (χ0v) is 13.4. The first-order valence-corrected chi connectivity index (χ1v) is 8.03. The maximum Gasteiger partial charge on any atom is 0.123 e. The molecule has 1 aliphatic carbocycles. The normalized spacial score (nSPS) is 24.9. The second-order valence-electron chi connectivity index (χ2n) is 6.35. The van der Waals surface area contributed by atoms with Crippen LogP contribution in [0.2, 0.25) is 5.02 Å². The Balaban J connectivity index is 2.11. The van der Waals surface area contributed by atoms with E-state index in [1.54, 1.807) is 12.1 Å². The average Bonchev–Trinajstić information content (AvgIpc) is 2.44. The summed E-state index contributed by atoms with van der Waals surface area (Å²) in [5.74, 6) is 1.95. The minimum Gasteiger partial charge on any atom is -0.313 e. The summed E-state index contributed by atoms with van der Waals surface area (Å²) in [7, 11) is 1.94. The van der Waals surface area contributed by atoms with Crippen molar-refractivity contribution in [2.75, 3.05) is 7.05 Å². The average molecular weight is 298 g/mol. The molecule has 0 spiro atoms. The van der Waals surface area contributed by atoms with Gasteiger partial charge in [0.1, 0.15) is 5.82 Å². The Bertz CT molecular complexity index is 439. The molecule has 1 fully saturated rings. The third-order valence-corrected chi connectivity index (χ3v) is 5.18. The third kappa shape index (κ3) is 3.53. The van der Waals surface area contributed by atoms with Gasteiger partial charge in [-0.1, -0.05) is 25.4 Å². The smallest absolute Gasteiger partial charge is 0.123 e. The van der Waals surface area contributed by atoms with Crippen LogP contribution in [0.15, 0.2) is 18.2 Å². The van der Waals surface area contributed by atoms with Crippen LogP contribution in [0.5, 0.6) is 0 Å². The number of rotatable bonds is 4. The van der Waals surface area contributed by atoms with Gasteiger partial charge in [-0.25, -0.2) is 4.39 Å². The fourth-order valence-corrected chi connectivity index (χ4v) is 3.78. The molecule has 0 heterocycles. The summed E-state index contributed by atoms with van der Waals surface area (Å²) in [6.45, 7) is 4.62. The first-order valence-electron chi connectivity index (χ1n) is 7.65. The number of nitrogens with one attached hydrogen (secondary N) is 1. The van der Waals surface area contributed by atoms with Gasteiger partial charge in [-0.2, -0.15) is 0 Å². The van der Waals surface area contributed by atoms with Crippen molar-refractivity contribution in [1.29, 1.82) is 0 Å². The SMILES string of the molecule is CNC(c1cc(F)ccc1Cl)C1CCC(C(C)C)CC1. The molecule has 1 aliphatic rings. The van der Waals surface area contributed by atoms with Gasteiger partial charge in [0, 0.05) is 11.1 Å². The highest BCUT2D eigenvalue weighted by Gasteiger charge is 2.30. The lowest BCUT2D eigenvalue weighted by Crippen LogP contribution is -2.30. The molecular formula is C17H25ClFN. The Morgan fingerprint density at radius 2 is 1.75 bits per heavy atom. The molecule has 0 saturated heterocycles. The first-order chi connectivity index (χ1) is 9.52. The number of hydrogen-bond donors (Lipinski definition) is 1. The van der Waals surface area contributed by atoms with Gasteiger partial charge in [-0.15, -0.1) is 0 Å². The minimum absolute atomic E-state index is 0.159. The van der Waals surface area contributed by atoms with E-state index in [-0.39, 0.29) is 11.9 Å². The minimum atomic E-state index is -0.208. The lowest BCUT2D eigenvalue weighted by Gasteiger charge is -2.35. The van der Waals surface area contributed by atoms with E-state index in [1.807, 2.05) is 7.05 Å². The molecule has 1 saturated carbocycles. The van der Waals surface area contributed by atoms with E-state index in [4.69, 9.17) is 11.6 Å². The Hall–Kier alpha value is -0.600. The van der Waals surface area contributed by atoms with Crippen molar-refractivity contribution >= 4 is 11.6 Å². The van der Waals surface area contributed by atoms with Crippen molar-refractivity contribution in [3.05, 3.63) is 34.6 Å². The molecular weight excluding hydrogens is 273 g/mol. The maximum absolute atomic E-state index is 13.5. The van der Waals surface area contributed by atoms with Crippen molar-refractivity contribution in [3.8, 4) is 0 Å². The molecule has 112 valence electrons. The fraction of sp³-hybridized carbons (Fsp3) is 0.647. The molecule has 0 bridgehead atoms. The highest BCUT2D eigenvalue weighted by atomic mass is 35.5. The lowest BCUT2D eigenvalue weighted by molar-refractivity contribution is 0.192. The van der Waals surface area contributed by atoms with Crippen LogP contribution < -0.4 is 5.32 Å². The monoisotopic (exact) mass is 297 g/mol. The van der Waals surface area contributed by atoms with Gasteiger partial charge in [-0.3, -0.25) is 0 Å². The third-order valence-electron chi connectivity index (χ3n) is 4.83. The molecule has 0 amide bonds. The van der Waals surface area contributed by atoms with Crippen molar-refractivity contribution in [2.24, 2.45) is 17.8 Å². The van der Waals surface area contributed by atoms with Crippen molar-refractivity contribution in [3.63, 3.8) is 0 Å². The van der Waals surface area contributed by atoms with E-state index in [1.165, 1.54) is 31.7 Å². The summed E-state index contributed by atoms with van der Waals surface area (Å²) >= 11 is 6.26. The summed E-state index contributed by atoms with van der Waals surface area (Å²) in [5, 5.41) is 4.01. The Morgan fingerprint density at radius 3 is 2.30 bits per heavy atom. The maximum atomic E-state index is 13.5. The van der Waals surface area contributed by atoms with E-state index >= 15 is 0 Å². The van der Waals surface area contributed by atoms with Crippen LogP contribution in [0.1, 0.15) is 51.1 Å². The molecule has 1 atom stereocenters. The van der Waals surface area contributed by atoms with Gasteiger partial charge in [0.25, 0.3) is 0 Å². The van der Waals surface area contributed by atoms with Crippen LogP contribution >= 0.6 is 11.6 Å². The summed E-state index contributed by atoms with van der Waals surface area (Å²) in [4.78, 5) is 0. The first kappa shape index (κ1) is 15.8. The van der Waals surface area contributed by atoms with Gasteiger partial charge in [0.2, 0.25) is 0 Å². The topological polar surface area (TPSA) is 12.0 Å². The van der Waals surface area contributed by atoms with E-state index < -0.39 is 0 Å². The van der Waals surface area contributed by atoms with E-state index in [0.29, 0.717) is 10.9 Å². The highest BCUT2D eigenvalue weighted by Crippen LogP contribution is 2.40. The van der Waals surface area contributed by atoms with Crippen LogP contribution in [0.25, 0.3) is 0 Å². The summed E-state index contributed by atoms with van der Waals surface area (Å²) in [6, 6.07) is 4.83. The number of hydrogen-bond acceptors (Lipinski definition) is 1. The molecule has 0 aromatic heterocycles. The van der Waals surface area contributed by atoms with Crippen LogP contribution in [-0.2, 0) is 0 Å². The van der Waals surface area contributed by atoms with Gasteiger partial charge in [0.05, 0.1) is 0 Å². The van der Waals surface area contributed by atoms with Gasteiger partial charge in [-0.05, 0) is 74.2 Å². The number of halogens is 2. The summed E-state index contributed by atoms with van der Waals surface area (Å²) in [5.41, 5.74) is 0.905. The highest BCUT2D eigenvalue weighted by molar-refractivity contribution is 6.31. The van der Waals surface area contributed by atoms with Crippen molar-refractivity contribution in [1.82, 2.24) is 5.32 Å². The van der Waals surface area contributed by atoms with Gasteiger partial charge in [0.15, 0.2) is 0 Å². The van der Waals surface area contributed by atoms with Crippen LogP contribution in [0, 0.1) is 23.6 Å². The molecule has 1 N–H and O–H groups in total.